The van der Waals surface area contributed by atoms with E-state index in [4.69, 9.17) is 0 Å². The van der Waals surface area contributed by atoms with Crippen molar-refractivity contribution in [2.75, 3.05) is 0 Å². The van der Waals surface area contributed by atoms with Crippen molar-refractivity contribution in [3.05, 3.63) is 0 Å². The fourth-order valence-corrected chi connectivity index (χ4v) is 29.9. The van der Waals surface area contributed by atoms with Gasteiger partial charge in [0.15, 0.2) is 0 Å². The molecule has 67 heavy (non-hydrogen) atoms. The van der Waals surface area contributed by atoms with Gasteiger partial charge in [-0.1, -0.05) is 0 Å². The molecule has 0 rings (SSSR count). The van der Waals surface area contributed by atoms with Crippen molar-refractivity contribution >= 4 is 0 Å². The average Bonchev–Trinajstić information content (AvgIpc) is 3.22. The van der Waals surface area contributed by atoms with Crippen LogP contribution in [0.2, 0.25) is 12.8 Å². The van der Waals surface area contributed by atoms with Crippen LogP contribution in [0.15, 0.2) is 0 Å². The molecule has 0 saturated carbocycles. The van der Waals surface area contributed by atoms with Gasteiger partial charge in [0.2, 0.25) is 0 Å². The molecule has 0 bridgehead atoms. The van der Waals surface area contributed by atoms with Crippen molar-refractivity contribution in [1.29, 1.82) is 0 Å². The summed E-state index contributed by atoms with van der Waals surface area (Å²) in [7, 11) is 0. The van der Waals surface area contributed by atoms with Gasteiger partial charge < -0.3 is 0 Å². The fourth-order valence-electron chi connectivity index (χ4n) is 18.6. The molecule has 0 saturated heterocycles. The van der Waals surface area contributed by atoms with E-state index in [0.29, 0.717) is 0 Å². The third kappa shape index (κ3) is 13.3. The molecule has 0 amide bonds. The standard InChI is InChI=1S/3C22H45.Cr/c3*1-10-13-16-20(4,5)19(21(6,7)17-14-11-2)22(8,9)18-15-12-3;/h3*10-18H2,1-9H3;. The van der Waals surface area contributed by atoms with Crippen LogP contribution in [-0.4, -0.2) is 0 Å². The van der Waals surface area contributed by atoms with Gasteiger partial charge in [-0.15, -0.1) is 0 Å². The minimum atomic E-state index is -2.20. The molecule has 0 spiro atoms. The Morgan fingerprint density at radius 1 is 0.179 bits per heavy atom. The summed E-state index contributed by atoms with van der Waals surface area (Å²) in [4.78, 5) is 0. The van der Waals surface area contributed by atoms with Crippen LogP contribution in [0.25, 0.3) is 0 Å². The Morgan fingerprint density at radius 2 is 0.269 bits per heavy atom. The number of hydrogen-bond donors (Lipinski definition) is 0. The zero-order valence-electron chi connectivity index (χ0n) is 52.5. The molecule has 0 N–H and O–H groups in total. The predicted octanol–water partition coefficient (Wildman–Crippen LogP) is 25.0. The molecule has 0 aliphatic heterocycles. The maximum atomic E-state index is 2.96. The molecule has 405 valence electrons. The van der Waals surface area contributed by atoms with Crippen molar-refractivity contribution in [1.82, 2.24) is 0 Å². The van der Waals surface area contributed by atoms with E-state index in [9.17, 15) is 0 Å². The van der Waals surface area contributed by atoms with E-state index in [-0.39, 0.29) is 61.6 Å². The second-order valence-corrected chi connectivity index (χ2v) is 33.1. The summed E-state index contributed by atoms with van der Waals surface area (Å²) in [5.74, 6) is 0. The van der Waals surface area contributed by atoms with Crippen molar-refractivity contribution in [3.63, 3.8) is 0 Å². The van der Waals surface area contributed by atoms with Crippen LogP contribution in [-0.2, 0) is 14.1 Å². The van der Waals surface area contributed by atoms with Crippen LogP contribution >= 0.6 is 0 Å². The normalized spacial score (nSPS) is 15.0. The second kappa shape index (κ2) is 27.2. The molecular weight excluding hydrogens is 845 g/mol. The molecule has 0 nitrogen and oxygen atoms in total. The monoisotopic (exact) mass is 980 g/mol. The molecule has 0 heterocycles. The fraction of sp³-hybridized carbons (Fsp3) is 1.00. The molecule has 0 unspecified atom stereocenters. The Hall–Kier alpha value is 0.532. The van der Waals surface area contributed by atoms with Crippen molar-refractivity contribution in [2.45, 2.75) is 373 Å². The average molecular weight is 981 g/mol. The third-order valence-corrected chi connectivity index (χ3v) is 30.5. The molecule has 0 aromatic rings. The summed E-state index contributed by atoms with van der Waals surface area (Å²) in [6, 6.07) is 0. The first-order chi connectivity index (χ1) is 30.7. The Bertz CT molecular complexity index is 1010. The molecule has 0 fully saturated rings. The molecular formula is C66H135Cr. The summed E-state index contributed by atoms with van der Waals surface area (Å²) < 4.78 is 0.207. The van der Waals surface area contributed by atoms with Gasteiger partial charge in [0.05, 0.1) is 0 Å². The van der Waals surface area contributed by atoms with Crippen LogP contribution < -0.4 is 0 Å². The van der Waals surface area contributed by atoms with Gasteiger partial charge in [-0.05, 0) is 0 Å². The van der Waals surface area contributed by atoms with Gasteiger partial charge >= 0.3 is 436 Å². The number of rotatable bonds is 39. The van der Waals surface area contributed by atoms with Gasteiger partial charge in [-0.3, -0.25) is 0 Å². The number of unbranched alkanes of at least 4 members (excludes halogenated alkanes) is 9. The SMILES string of the molecule is CCCCC(C)(C)[C]([Cr]([C](C(C)(C)CCCC)(C(C)(C)CCCC)C(C)(C)CCCC)[C](C(C)(C)CCCC)(C(C)(C)CCCC)C(C)(C)CCCC)(C(C)(C)CCCC)C(C)(C)CCCC. The molecule has 0 radical (unpaired) electrons. The van der Waals surface area contributed by atoms with Crippen LogP contribution in [0.3, 0.4) is 0 Å². The Morgan fingerprint density at radius 3 is 0.343 bits per heavy atom. The van der Waals surface area contributed by atoms with Crippen molar-refractivity contribution < 1.29 is 14.1 Å². The zero-order chi connectivity index (χ0) is 52.7. The van der Waals surface area contributed by atoms with Crippen molar-refractivity contribution in [2.24, 2.45) is 48.7 Å². The van der Waals surface area contributed by atoms with Crippen LogP contribution in [0.5, 0.6) is 0 Å². The van der Waals surface area contributed by atoms with Gasteiger partial charge in [-0.2, -0.15) is 0 Å². The minimum absolute atomic E-state index is 0.0689. The first-order valence-electron chi connectivity index (χ1n) is 30.4. The number of hydrogen-bond acceptors (Lipinski definition) is 0. The van der Waals surface area contributed by atoms with E-state index in [1.165, 1.54) is 173 Å². The first-order valence-corrected chi connectivity index (χ1v) is 32.3. The first kappa shape index (κ1) is 67.5. The van der Waals surface area contributed by atoms with E-state index in [2.05, 4.69) is 187 Å². The summed E-state index contributed by atoms with van der Waals surface area (Å²) in [6.07, 6.45) is 35.5. The van der Waals surface area contributed by atoms with Gasteiger partial charge in [0, 0.05) is 0 Å². The second-order valence-electron chi connectivity index (χ2n) is 29.2. The van der Waals surface area contributed by atoms with E-state index < -0.39 is 14.1 Å². The molecule has 1 heteroatoms. The van der Waals surface area contributed by atoms with E-state index in [1.807, 2.05) is 0 Å². The van der Waals surface area contributed by atoms with Crippen LogP contribution in [0, 0.1) is 48.7 Å². The molecule has 0 aromatic carbocycles. The quantitative estimate of drug-likeness (QED) is 0.0576. The van der Waals surface area contributed by atoms with E-state index in [1.54, 1.807) is 0 Å². The Labute approximate surface area is 433 Å². The van der Waals surface area contributed by atoms with Crippen LogP contribution in [0.4, 0.5) is 0 Å². The predicted molar refractivity (Wildman–Crippen MR) is 308 cm³/mol. The maximum absolute atomic E-state index is 2.96. The topological polar surface area (TPSA) is 0 Å². The Kier molecular flexibility index (Phi) is 27.4. The summed E-state index contributed by atoms with van der Waals surface area (Å²) in [5.41, 5.74) is 0.908. The zero-order valence-corrected chi connectivity index (χ0v) is 53.8. The van der Waals surface area contributed by atoms with Gasteiger partial charge in [0.25, 0.3) is 0 Å². The van der Waals surface area contributed by atoms with Crippen LogP contribution in [0.1, 0.15) is 360 Å². The summed E-state index contributed by atoms with van der Waals surface area (Å²) in [6.45, 7) is 75.9. The molecule has 0 aliphatic carbocycles. The van der Waals surface area contributed by atoms with E-state index in [0.717, 1.165) is 0 Å². The third-order valence-electron chi connectivity index (χ3n) is 19.9. The van der Waals surface area contributed by atoms with Gasteiger partial charge in [0.1, 0.15) is 0 Å². The van der Waals surface area contributed by atoms with E-state index >= 15 is 0 Å². The van der Waals surface area contributed by atoms with Crippen molar-refractivity contribution in [3.8, 4) is 0 Å². The molecule has 0 atom stereocenters. The summed E-state index contributed by atoms with van der Waals surface area (Å²) >= 11 is -2.20. The molecule has 0 aromatic heterocycles. The molecule has 0 aliphatic rings. The Balaban J connectivity index is 12.0. The summed E-state index contributed by atoms with van der Waals surface area (Å²) in [5, 5.41) is 0. The van der Waals surface area contributed by atoms with Gasteiger partial charge in [-0.25, -0.2) is 0 Å².